The van der Waals surface area contributed by atoms with Gasteiger partial charge in [0, 0.05) is 5.56 Å². The van der Waals surface area contributed by atoms with Crippen LogP contribution in [0.1, 0.15) is 34.6 Å². The van der Waals surface area contributed by atoms with Gasteiger partial charge in [-0.2, -0.15) is 0 Å². The zero-order chi connectivity index (χ0) is 18.7. The van der Waals surface area contributed by atoms with Crippen molar-refractivity contribution in [1.82, 2.24) is 9.55 Å². The number of thiophene rings is 1. The van der Waals surface area contributed by atoms with E-state index >= 15 is 0 Å². The highest BCUT2D eigenvalue weighted by Crippen LogP contribution is 2.27. The van der Waals surface area contributed by atoms with Crippen molar-refractivity contribution in [2.24, 2.45) is 0 Å². The molecule has 0 aliphatic rings. The Morgan fingerprint density at radius 2 is 2.00 bits per heavy atom. The molecule has 0 bridgehead atoms. The molecule has 136 valence electrons. The van der Waals surface area contributed by atoms with E-state index in [0.29, 0.717) is 40.4 Å². The predicted octanol–water partition coefficient (Wildman–Crippen LogP) is 3.39. The van der Waals surface area contributed by atoms with Crippen LogP contribution in [0.4, 0.5) is 0 Å². The van der Waals surface area contributed by atoms with Crippen LogP contribution in [-0.2, 0) is 11.3 Å². The Balaban J connectivity index is 2.04. The van der Waals surface area contributed by atoms with Crippen LogP contribution < -0.4 is 10.3 Å². The fraction of sp³-hybridized carbons (Fsp3) is 0.316. The number of aryl methyl sites for hydroxylation is 1. The molecule has 3 aromatic rings. The van der Waals surface area contributed by atoms with Gasteiger partial charge in [0.2, 0.25) is 0 Å². The highest BCUT2D eigenvalue weighted by Gasteiger charge is 2.20. The second-order valence-corrected chi connectivity index (χ2v) is 6.67. The molecule has 0 aliphatic carbocycles. The minimum atomic E-state index is -0.416. The molecular weight excluding hydrogens is 352 g/mol. The lowest BCUT2D eigenvalue weighted by atomic mass is 10.2. The van der Waals surface area contributed by atoms with Gasteiger partial charge in [-0.15, -0.1) is 11.3 Å². The van der Waals surface area contributed by atoms with Crippen LogP contribution in [0.25, 0.3) is 10.2 Å². The summed E-state index contributed by atoms with van der Waals surface area (Å²) >= 11 is 1.19. The molecule has 0 aliphatic heterocycles. The summed E-state index contributed by atoms with van der Waals surface area (Å²) in [6, 6.07) is 7.60. The molecule has 1 aromatic carbocycles. The molecule has 2 heterocycles. The first kappa shape index (κ1) is 18.1. The highest BCUT2D eigenvalue weighted by molar-refractivity contribution is 7.20. The van der Waals surface area contributed by atoms with E-state index in [4.69, 9.17) is 9.47 Å². The van der Waals surface area contributed by atoms with E-state index < -0.39 is 5.97 Å². The van der Waals surface area contributed by atoms with Gasteiger partial charge in [0.1, 0.15) is 15.5 Å². The van der Waals surface area contributed by atoms with Crippen LogP contribution in [0.15, 0.2) is 35.4 Å². The van der Waals surface area contributed by atoms with Gasteiger partial charge in [-0.25, -0.2) is 9.78 Å². The minimum Gasteiger partial charge on any atom is -0.494 e. The number of hydrogen-bond acceptors (Lipinski definition) is 6. The fourth-order valence-electron chi connectivity index (χ4n) is 2.78. The van der Waals surface area contributed by atoms with Crippen molar-refractivity contribution in [3.63, 3.8) is 0 Å². The summed E-state index contributed by atoms with van der Waals surface area (Å²) in [5.41, 5.74) is 1.34. The molecule has 0 saturated heterocycles. The van der Waals surface area contributed by atoms with Gasteiger partial charge in [0.15, 0.2) is 0 Å². The van der Waals surface area contributed by atoms with Gasteiger partial charge in [-0.3, -0.25) is 9.36 Å². The summed E-state index contributed by atoms with van der Waals surface area (Å²) < 4.78 is 12.2. The number of aromatic nitrogens is 2. The first-order valence-electron chi connectivity index (χ1n) is 8.43. The summed E-state index contributed by atoms with van der Waals surface area (Å²) in [6.07, 6.45) is 1.51. The number of fused-ring (bicyclic) bond motifs is 1. The number of para-hydroxylation sites is 1. The molecule has 26 heavy (non-hydrogen) atoms. The number of carbonyl (C=O) groups is 1. The molecule has 0 amide bonds. The smallest absolute Gasteiger partial charge is 0.348 e. The quantitative estimate of drug-likeness (QED) is 0.620. The average molecular weight is 372 g/mol. The molecule has 0 N–H and O–H groups in total. The number of rotatable bonds is 6. The number of hydrogen-bond donors (Lipinski definition) is 0. The minimum absolute atomic E-state index is 0.175. The molecule has 6 nitrogen and oxygen atoms in total. The van der Waals surface area contributed by atoms with E-state index in [1.54, 1.807) is 13.8 Å². The van der Waals surface area contributed by atoms with E-state index in [1.165, 1.54) is 22.2 Å². The standard InChI is InChI=1S/C19H20N2O4S/c1-4-24-14-9-7-6-8-13(14)10-21-11-20-17-15(18(21)22)12(3)16(26-17)19(23)25-5-2/h6-9,11H,4-5,10H2,1-3H3. The maximum absolute atomic E-state index is 13.0. The third kappa shape index (κ3) is 3.35. The van der Waals surface area contributed by atoms with E-state index in [1.807, 2.05) is 31.2 Å². The Bertz CT molecular complexity index is 1010. The third-order valence-electron chi connectivity index (χ3n) is 3.99. The highest BCUT2D eigenvalue weighted by atomic mass is 32.1. The zero-order valence-corrected chi connectivity index (χ0v) is 15.8. The topological polar surface area (TPSA) is 70.4 Å². The summed E-state index contributed by atoms with van der Waals surface area (Å²) in [4.78, 5) is 30.4. The molecule has 0 spiro atoms. The predicted molar refractivity (Wildman–Crippen MR) is 101 cm³/mol. The number of carbonyl (C=O) groups excluding carboxylic acids is 1. The van der Waals surface area contributed by atoms with Crippen LogP contribution in [-0.4, -0.2) is 28.7 Å². The second kappa shape index (κ2) is 7.70. The van der Waals surface area contributed by atoms with Crippen molar-refractivity contribution >= 4 is 27.5 Å². The molecule has 7 heteroatoms. The Labute approximate surface area is 155 Å². The lowest BCUT2D eigenvalue weighted by molar-refractivity contribution is 0.0531. The van der Waals surface area contributed by atoms with Crippen molar-refractivity contribution in [3.05, 3.63) is 57.0 Å². The largest absolute Gasteiger partial charge is 0.494 e. The van der Waals surface area contributed by atoms with E-state index in [2.05, 4.69) is 4.98 Å². The lowest BCUT2D eigenvalue weighted by Gasteiger charge is -2.11. The maximum Gasteiger partial charge on any atom is 0.348 e. The molecule has 0 fully saturated rings. The first-order valence-corrected chi connectivity index (χ1v) is 9.24. The summed E-state index contributed by atoms with van der Waals surface area (Å²) in [7, 11) is 0. The fourth-order valence-corrected chi connectivity index (χ4v) is 3.81. The first-order chi connectivity index (χ1) is 12.6. The van der Waals surface area contributed by atoms with Gasteiger partial charge >= 0.3 is 5.97 Å². The van der Waals surface area contributed by atoms with Crippen LogP contribution in [0.2, 0.25) is 0 Å². The Hall–Kier alpha value is -2.67. The van der Waals surface area contributed by atoms with Gasteiger partial charge in [0.25, 0.3) is 5.56 Å². The Morgan fingerprint density at radius 1 is 1.23 bits per heavy atom. The molecule has 0 radical (unpaired) electrons. The van der Waals surface area contributed by atoms with Gasteiger partial charge < -0.3 is 9.47 Å². The summed E-state index contributed by atoms with van der Waals surface area (Å²) in [5.74, 6) is 0.330. The lowest BCUT2D eigenvalue weighted by Crippen LogP contribution is -2.21. The number of esters is 1. The molecule has 2 aromatic heterocycles. The van der Waals surface area contributed by atoms with E-state index in [9.17, 15) is 9.59 Å². The van der Waals surface area contributed by atoms with Crippen molar-refractivity contribution in [3.8, 4) is 5.75 Å². The van der Waals surface area contributed by atoms with Gasteiger partial charge in [-0.05, 0) is 32.4 Å². The second-order valence-electron chi connectivity index (χ2n) is 5.68. The van der Waals surface area contributed by atoms with Gasteiger partial charge in [0.05, 0.1) is 31.5 Å². The molecule has 0 saturated carbocycles. The maximum atomic E-state index is 13.0. The van der Waals surface area contributed by atoms with Crippen LogP contribution >= 0.6 is 11.3 Å². The monoisotopic (exact) mass is 372 g/mol. The third-order valence-corrected chi connectivity index (χ3v) is 5.17. The molecule has 0 atom stereocenters. The molecule has 3 rings (SSSR count). The summed E-state index contributed by atoms with van der Waals surface area (Å²) in [5, 5.41) is 0.467. The van der Waals surface area contributed by atoms with E-state index in [0.717, 1.165) is 11.3 Å². The van der Waals surface area contributed by atoms with Crippen LogP contribution in [0.5, 0.6) is 5.75 Å². The SMILES string of the molecule is CCOC(=O)c1sc2ncn(Cc3ccccc3OCC)c(=O)c2c1C. The normalized spacial score (nSPS) is 10.9. The van der Waals surface area contributed by atoms with Gasteiger partial charge in [-0.1, -0.05) is 18.2 Å². The van der Waals surface area contributed by atoms with Crippen molar-refractivity contribution in [1.29, 1.82) is 0 Å². The van der Waals surface area contributed by atoms with Crippen molar-refractivity contribution in [2.75, 3.05) is 13.2 Å². The zero-order valence-electron chi connectivity index (χ0n) is 14.9. The van der Waals surface area contributed by atoms with E-state index in [-0.39, 0.29) is 5.56 Å². The number of nitrogens with zero attached hydrogens (tertiary/aromatic N) is 2. The van der Waals surface area contributed by atoms with Crippen LogP contribution in [0.3, 0.4) is 0 Å². The van der Waals surface area contributed by atoms with Crippen molar-refractivity contribution in [2.45, 2.75) is 27.3 Å². The molecule has 0 unspecified atom stereocenters. The van der Waals surface area contributed by atoms with Crippen molar-refractivity contribution < 1.29 is 14.3 Å². The number of ether oxygens (including phenoxy) is 2. The van der Waals surface area contributed by atoms with Crippen LogP contribution in [0, 0.1) is 6.92 Å². The Morgan fingerprint density at radius 3 is 2.73 bits per heavy atom. The molecular formula is C19H20N2O4S. The number of benzene rings is 1. The summed E-state index contributed by atoms with van der Waals surface area (Å²) in [6.45, 7) is 6.62. The Kier molecular flexibility index (Phi) is 5.37. The average Bonchev–Trinajstić information content (AvgIpc) is 2.97.